The van der Waals surface area contributed by atoms with E-state index in [2.05, 4.69) is 0 Å². The predicted molar refractivity (Wildman–Crippen MR) is 57.5 cm³/mol. The maximum atomic E-state index is 11.8. The van der Waals surface area contributed by atoms with Gasteiger partial charge in [0.25, 0.3) is 0 Å². The quantitative estimate of drug-likeness (QED) is 0.712. The van der Waals surface area contributed by atoms with E-state index in [0.29, 0.717) is 25.9 Å². The Morgan fingerprint density at radius 1 is 1.60 bits per heavy atom. The van der Waals surface area contributed by atoms with Gasteiger partial charge in [-0.3, -0.25) is 4.79 Å². The van der Waals surface area contributed by atoms with Crippen molar-refractivity contribution < 1.29 is 14.6 Å². The van der Waals surface area contributed by atoms with Crippen LogP contribution >= 0.6 is 0 Å². The van der Waals surface area contributed by atoms with E-state index in [1.54, 1.807) is 4.90 Å². The smallest absolute Gasteiger partial charge is 0.225 e. The minimum absolute atomic E-state index is 0.126. The Bertz CT molecular complexity index is 190. The summed E-state index contributed by atoms with van der Waals surface area (Å²) in [6, 6.07) is 0. The molecule has 0 radical (unpaired) electrons. The van der Waals surface area contributed by atoms with Crippen LogP contribution < -0.4 is 0 Å². The first kappa shape index (κ1) is 12.5. The van der Waals surface area contributed by atoms with Gasteiger partial charge in [0.15, 0.2) is 0 Å². The van der Waals surface area contributed by atoms with Gasteiger partial charge in [-0.1, -0.05) is 0 Å². The number of carbonyl (C=O) groups is 1. The molecule has 1 rings (SSSR count). The van der Waals surface area contributed by atoms with E-state index in [1.807, 2.05) is 6.92 Å². The van der Waals surface area contributed by atoms with Gasteiger partial charge in [-0.05, 0) is 26.2 Å². The standard InChI is InChI=1S/C11H21NO3/c1-2-12(6-4-7-13)11(14)9-10-5-3-8-15-10/h10,13H,2-9H2,1H3. The van der Waals surface area contributed by atoms with E-state index in [1.165, 1.54) is 0 Å². The molecular formula is C11H21NO3. The summed E-state index contributed by atoms with van der Waals surface area (Å²) in [6.45, 7) is 4.26. The van der Waals surface area contributed by atoms with Gasteiger partial charge in [-0.15, -0.1) is 0 Å². The van der Waals surface area contributed by atoms with E-state index in [-0.39, 0.29) is 18.6 Å². The largest absolute Gasteiger partial charge is 0.396 e. The highest BCUT2D eigenvalue weighted by molar-refractivity contribution is 5.76. The minimum atomic E-state index is 0.126. The van der Waals surface area contributed by atoms with Gasteiger partial charge < -0.3 is 14.7 Å². The molecule has 88 valence electrons. The number of rotatable bonds is 6. The molecule has 0 saturated carbocycles. The molecule has 1 aliphatic rings. The van der Waals surface area contributed by atoms with E-state index in [4.69, 9.17) is 9.84 Å². The van der Waals surface area contributed by atoms with Crippen LogP contribution in [0.1, 0.15) is 32.6 Å². The zero-order chi connectivity index (χ0) is 11.1. The normalized spacial score (nSPS) is 20.5. The molecule has 1 atom stereocenters. The Hall–Kier alpha value is -0.610. The average molecular weight is 215 g/mol. The second kappa shape index (κ2) is 6.80. The number of ether oxygens (including phenoxy) is 1. The monoisotopic (exact) mass is 215 g/mol. The fourth-order valence-corrected chi connectivity index (χ4v) is 1.85. The molecule has 0 aromatic rings. The van der Waals surface area contributed by atoms with Crippen LogP contribution in [-0.4, -0.2) is 48.3 Å². The molecule has 1 heterocycles. The van der Waals surface area contributed by atoms with E-state index in [0.717, 1.165) is 19.4 Å². The molecule has 0 bridgehead atoms. The van der Waals surface area contributed by atoms with E-state index < -0.39 is 0 Å². The van der Waals surface area contributed by atoms with Gasteiger partial charge in [-0.2, -0.15) is 0 Å². The third-order valence-corrected chi connectivity index (χ3v) is 2.75. The first-order valence-corrected chi connectivity index (χ1v) is 5.78. The topological polar surface area (TPSA) is 49.8 Å². The van der Waals surface area contributed by atoms with Gasteiger partial charge >= 0.3 is 0 Å². The summed E-state index contributed by atoms with van der Waals surface area (Å²) in [5, 5.41) is 8.71. The van der Waals surface area contributed by atoms with Gasteiger partial charge in [0, 0.05) is 26.3 Å². The molecule has 4 heteroatoms. The predicted octanol–water partition coefficient (Wildman–Crippen LogP) is 0.786. The minimum Gasteiger partial charge on any atom is -0.396 e. The van der Waals surface area contributed by atoms with Crippen LogP contribution in [0.15, 0.2) is 0 Å². The lowest BCUT2D eigenvalue weighted by Crippen LogP contribution is -2.34. The van der Waals surface area contributed by atoms with Gasteiger partial charge in [-0.25, -0.2) is 0 Å². The first-order chi connectivity index (χ1) is 7.27. The summed E-state index contributed by atoms with van der Waals surface area (Å²) in [7, 11) is 0. The molecule has 1 unspecified atom stereocenters. The summed E-state index contributed by atoms with van der Waals surface area (Å²) in [5.41, 5.74) is 0. The third-order valence-electron chi connectivity index (χ3n) is 2.75. The number of amides is 1. The average Bonchev–Trinajstić information content (AvgIpc) is 2.71. The lowest BCUT2D eigenvalue weighted by Gasteiger charge is -2.21. The number of nitrogens with zero attached hydrogens (tertiary/aromatic N) is 1. The van der Waals surface area contributed by atoms with Gasteiger partial charge in [0.05, 0.1) is 12.5 Å². The second-order valence-corrected chi connectivity index (χ2v) is 3.89. The lowest BCUT2D eigenvalue weighted by atomic mass is 10.1. The Balaban J connectivity index is 2.28. The third kappa shape index (κ3) is 4.18. The molecular weight excluding hydrogens is 194 g/mol. The molecule has 1 amide bonds. The summed E-state index contributed by atoms with van der Waals surface area (Å²) >= 11 is 0. The Morgan fingerprint density at radius 3 is 2.93 bits per heavy atom. The van der Waals surface area contributed by atoms with Crippen molar-refractivity contribution in [3.8, 4) is 0 Å². The second-order valence-electron chi connectivity index (χ2n) is 3.89. The number of aliphatic hydroxyl groups excluding tert-OH is 1. The van der Waals surface area contributed by atoms with Crippen LogP contribution in [-0.2, 0) is 9.53 Å². The van der Waals surface area contributed by atoms with Crippen LogP contribution in [0.25, 0.3) is 0 Å². The molecule has 1 fully saturated rings. The Kier molecular flexibility index (Phi) is 5.65. The molecule has 1 N–H and O–H groups in total. The molecule has 15 heavy (non-hydrogen) atoms. The van der Waals surface area contributed by atoms with Crippen molar-refractivity contribution in [2.45, 2.75) is 38.7 Å². The van der Waals surface area contributed by atoms with Crippen molar-refractivity contribution in [1.29, 1.82) is 0 Å². The van der Waals surface area contributed by atoms with Crippen LogP contribution in [0.5, 0.6) is 0 Å². The summed E-state index contributed by atoms with van der Waals surface area (Å²) < 4.78 is 5.43. The molecule has 1 aliphatic heterocycles. The first-order valence-electron chi connectivity index (χ1n) is 5.78. The molecule has 1 saturated heterocycles. The highest BCUT2D eigenvalue weighted by atomic mass is 16.5. The molecule has 0 spiro atoms. The Morgan fingerprint density at radius 2 is 2.40 bits per heavy atom. The fourth-order valence-electron chi connectivity index (χ4n) is 1.85. The molecule has 0 aromatic heterocycles. The zero-order valence-electron chi connectivity index (χ0n) is 9.45. The SMILES string of the molecule is CCN(CCCO)C(=O)CC1CCCO1. The number of hydrogen-bond acceptors (Lipinski definition) is 3. The summed E-state index contributed by atoms with van der Waals surface area (Å²) in [5.74, 6) is 0.151. The van der Waals surface area contributed by atoms with Crippen molar-refractivity contribution in [2.75, 3.05) is 26.3 Å². The van der Waals surface area contributed by atoms with E-state index >= 15 is 0 Å². The van der Waals surface area contributed by atoms with Crippen LogP contribution in [0.4, 0.5) is 0 Å². The van der Waals surface area contributed by atoms with Gasteiger partial charge in [0.1, 0.15) is 0 Å². The molecule has 4 nitrogen and oxygen atoms in total. The number of aliphatic hydroxyl groups is 1. The maximum Gasteiger partial charge on any atom is 0.225 e. The van der Waals surface area contributed by atoms with Crippen molar-refractivity contribution in [2.24, 2.45) is 0 Å². The fraction of sp³-hybridized carbons (Fsp3) is 0.909. The van der Waals surface area contributed by atoms with Crippen molar-refractivity contribution in [1.82, 2.24) is 4.90 Å². The lowest BCUT2D eigenvalue weighted by molar-refractivity contribution is -0.133. The zero-order valence-corrected chi connectivity index (χ0v) is 9.45. The molecule has 0 aliphatic carbocycles. The maximum absolute atomic E-state index is 11.8. The highest BCUT2D eigenvalue weighted by Crippen LogP contribution is 2.16. The van der Waals surface area contributed by atoms with Crippen molar-refractivity contribution in [3.63, 3.8) is 0 Å². The molecule has 0 aromatic carbocycles. The van der Waals surface area contributed by atoms with Gasteiger partial charge in [0.2, 0.25) is 5.91 Å². The highest BCUT2D eigenvalue weighted by Gasteiger charge is 2.21. The van der Waals surface area contributed by atoms with Crippen LogP contribution in [0.2, 0.25) is 0 Å². The number of hydrogen-bond donors (Lipinski definition) is 1. The van der Waals surface area contributed by atoms with Crippen LogP contribution in [0, 0.1) is 0 Å². The number of carbonyl (C=O) groups excluding carboxylic acids is 1. The van der Waals surface area contributed by atoms with Crippen molar-refractivity contribution >= 4 is 5.91 Å². The summed E-state index contributed by atoms with van der Waals surface area (Å²) in [6.07, 6.45) is 3.36. The Labute approximate surface area is 91.2 Å². The van der Waals surface area contributed by atoms with Crippen LogP contribution in [0.3, 0.4) is 0 Å². The summed E-state index contributed by atoms with van der Waals surface area (Å²) in [4.78, 5) is 13.6. The van der Waals surface area contributed by atoms with E-state index in [9.17, 15) is 4.79 Å². The van der Waals surface area contributed by atoms with Crippen molar-refractivity contribution in [3.05, 3.63) is 0 Å².